The first-order valence-electron chi connectivity index (χ1n) is 29.7. The zero-order valence-electron chi connectivity index (χ0n) is 44.3. The summed E-state index contributed by atoms with van der Waals surface area (Å²) < 4.78 is 0. The summed E-state index contributed by atoms with van der Waals surface area (Å²) in [6.45, 7) is 4.33. The Labute approximate surface area is 408 Å². The van der Waals surface area contributed by atoms with E-state index in [4.69, 9.17) is 0 Å². The molecular weight excluding hydrogens is 795 g/mol. The third kappa shape index (κ3) is 53.4. The quantitative estimate of drug-likeness (QED) is 0.0421. The molecule has 0 aromatic rings. The molecule has 1 amide bonds. The Bertz CT molecular complexity index is 989. The van der Waals surface area contributed by atoms with Crippen LogP contribution in [0.5, 0.6) is 0 Å². The number of allylic oxidation sites excluding steroid dienone is 5. The Morgan fingerprint density at radius 1 is 0.369 bits per heavy atom. The summed E-state index contributed by atoms with van der Waals surface area (Å²) in [5, 5.41) is 23.2. The van der Waals surface area contributed by atoms with Gasteiger partial charge in [0.1, 0.15) is 0 Å². The van der Waals surface area contributed by atoms with E-state index in [2.05, 4.69) is 43.5 Å². The topological polar surface area (TPSA) is 69.6 Å². The van der Waals surface area contributed by atoms with Gasteiger partial charge in [0.15, 0.2) is 0 Å². The molecule has 65 heavy (non-hydrogen) atoms. The first-order chi connectivity index (χ1) is 32.2. The van der Waals surface area contributed by atoms with Crippen molar-refractivity contribution in [3.8, 4) is 0 Å². The number of nitrogens with one attached hydrogen (secondary N) is 1. The smallest absolute Gasteiger partial charge is 0.220 e. The van der Waals surface area contributed by atoms with E-state index >= 15 is 0 Å². The maximum Gasteiger partial charge on any atom is 0.220 e. The van der Waals surface area contributed by atoms with Crippen LogP contribution in [0.2, 0.25) is 0 Å². The molecule has 0 aromatic carbocycles. The number of aliphatic hydroxyl groups is 2. The highest BCUT2D eigenvalue weighted by Crippen LogP contribution is 2.18. The van der Waals surface area contributed by atoms with Crippen molar-refractivity contribution in [1.29, 1.82) is 0 Å². The molecule has 0 aromatic heterocycles. The van der Waals surface area contributed by atoms with Crippen LogP contribution in [0.3, 0.4) is 0 Å². The van der Waals surface area contributed by atoms with Gasteiger partial charge in [-0.15, -0.1) is 0 Å². The van der Waals surface area contributed by atoms with E-state index in [0.29, 0.717) is 6.42 Å². The van der Waals surface area contributed by atoms with Crippen molar-refractivity contribution < 1.29 is 15.0 Å². The van der Waals surface area contributed by atoms with Crippen LogP contribution in [0, 0.1) is 0 Å². The van der Waals surface area contributed by atoms with E-state index in [1.807, 2.05) is 6.08 Å². The fourth-order valence-electron chi connectivity index (χ4n) is 9.33. The van der Waals surface area contributed by atoms with Gasteiger partial charge in [0, 0.05) is 6.42 Å². The Morgan fingerprint density at radius 3 is 0.923 bits per heavy atom. The molecule has 0 fully saturated rings. The van der Waals surface area contributed by atoms with Gasteiger partial charge in [0.2, 0.25) is 5.91 Å². The Hall–Kier alpha value is -1.39. The number of hydrogen-bond acceptors (Lipinski definition) is 3. The van der Waals surface area contributed by atoms with Gasteiger partial charge in [-0.1, -0.05) is 307 Å². The van der Waals surface area contributed by atoms with Crippen molar-refractivity contribution in [2.24, 2.45) is 0 Å². The SMILES string of the molecule is CCCCCCC/C=C\C/C=C\CCCCCCCCCCCCCCCCCCCCCCCCCC(=O)NC(CO)C(O)/C=C/CCCCCCCCCCCCCCCCCC. The molecule has 0 radical (unpaired) electrons. The van der Waals surface area contributed by atoms with Crippen molar-refractivity contribution in [2.45, 2.75) is 341 Å². The molecule has 2 unspecified atom stereocenters. The molecule has 0 saturated heterocycles. The molecule has 0 rings (SSSR count). The largest absolute Gasteiger partial charge is 0.394 e. The van der Waals surface area contributed by atoms with Crippen molar-refractivity contribution >= 4 is 5.91 Å². The van der Waals surface area contributed by atoms with Gasteiger partial charge in [-0.05, 0) is 51.4 Å². The minimum Gasteiger partial charge on any atom is -0.394 e. The van der Waals surface area contributed by atoms with E-state index in [1.54, 1.807) is 6.08 Å². The maximum absolute atomic E-state index is 12.5. The maximum atomic E-state index is 12.5. The molecule has 0 heterocycles. The van der Waals surface area contributed by atoms with E-state index in [0.717, 1.165) is 32.1 Å². The van der Waals surface area contributed by atoms with Crippen molar-refractivity contribution in [1.82, 2.24) is 5.32 Å². The Kier molecular flexibility index (Phi) is 55.7. The van der Waals surface area contributed by atoms with Crippen LogP contribution in [-0.2, 0) is 4.79 Å². The molecule has 2 atom stereocenters. The lowest BCUT2D eigenvalue weighted by molar-refractivity contribution is -0.123. The normalized spacial score (nSPS) is 13.0. The Balaban J connectivity index is 3.42. The van der Waals surface area contributed by atoms with E-state index in [-0.39, 0.29) is 12.5 Å². The highest BCUT2D eigenvalue weighted by molar-refractivity contribution is 5.76. The summed E-state index contributed by atoms with van der Waals surface area (Å²) in [6, 6.07) is -0.620. The van der Waals surface area contributed by atoms with Gasteiger partial charge in [-0.2, -0.15) is 0 Å². The lowest BCUT2D eigenvalue weighted by atomic mass is 10.0. The lowest BCUT2D eigenvalue weighted by Crippen LogP contribution is -2.45. The molecule has 0 spiro atoms. The predicted molar refractivity (Wildman–Crippen MR) is 290 cm³/mol. The van der Waals surface area contributed by atoms with Crippen molar-refractivity contribution in [3.05, 3.63) is 36.5 Å². The third-order valence-corrected chi connectivity index (χ3v) is 13.9. The Morgan fingerprint density at radius 2 is 0.631 bits per heavy atom. The fourth-order valence-corrected chi connectivity index (χ4v) is 9.33. The van der Waals surface area contributed by atoms with Crippen LogP contribution in [-0.4, -0.2) is 34.9 Å². The number of carbonyl (C=O) groups is 1. The van der Waals surface area contributed by atoms with Crippen LogP contribution in [0.4, 0.5) is 0 Å². The number of aliphatic hydroxyl groups excluding tert-OH is 2. The van der Waals surface area contributed by atoms with E-state index < -0.39 is 12.1 Å². The second kappa shape index (κ2) is 56.9. The first-order valence-corrected chi connectivity index (χ1v) is 29.7. The molecular formula is C61H117NO3. The highest BCUT2D eigenvalue weighted by Gasteiger charge is 2.18. The van der Waals surface area contributed by atoms with Crippen molar-refractivity contribution in [2.75, 3.05) is 6.61 Å². The minimum absolute atomic E-state index is 0.0576. The van der Waals surface area contributed by atoms with Gasteiger partial charge in [0.25, 0.3) is 0 Å². The van der Waals surface area contributed by atoms with E-state index in [9.17, 15) is 15.0 Å². The molecule has 4 heteroatoms. The van der Waals surface area contributed by atoms with E-state index in [1.165, 1.54) is 276 Å². The fraction of sp³-hybridized carbons (Fsp3) is 0.885. The number of amides is 1. The molecule has 0 aliphatic heterocycles. The molecule has 0 saturated carbocycles. The zero-order chi connectivity index (χ0) is 47.0. The van der Waals surface area contributed by atoms with Gasteiger partial charge in [-0.3, -0.25) is 4.79 Å². The summed E-state index contributed by atoms with van der Waals surface area (Å²) >= 11 is 0. The summed E-state index contributed by atoms with van der Waals surface area (Å²) in [5.74, 6) is -0.0576. The number of unbranched alkanes of at least 4 members (excludes halogenated alkanes) is 44. The third-order valence-electron chi connectivity index (χ3n) is 13.9. The summed E-state index contributed by atoms with van der Waals surface area (Å²) in [7, 11) is 0. The summed E-state index contributed by atoms with van der Waals surface area (Å²) in [5.41, 5.74) is 0. The molecule has 0 aliphatic rings. The monoisotopic (exact) mass is 912 g/mol. The summed E-state index contributed by atoms with van der Waals surface area (Å²) in [4.78, 5) is 12.5. The van der Waals surface area contributed by atoms with Crippen LogP contribution in [0.15, 0.2) is 36.5 Å². The van der Waals surface area contributed by atoms with Gasteiger partial charge < -0.3 is 15.5 Å². The van der Waals surface area contributed by atoms with Crippen molar-refractivity contribution in [3.63, 3.8) is 0 Å². The van der Waals surface area contributed by atoms with Gasteiger partial charge in [0.05, 0.1) is 18.8 Å². The average molecular weight is 913 g/mol. The lowest BCUT2D eigenvalue weighted by Gasteiger charge is -2.20. The number of rotatable bonds is 55. The number of carbonyl (C=O) groups excluding carboxylic acids is 1. The van der Waals surface area contributed by atoms with Crippen LogP contribution in [0.1, 0.15) is 328 Å². The summed E-state index contributed by atoms with van der Waals surface area (Å²) in [6.07, 6.45) is 77.5. The molecule has 4 nitrogen and oxygen atoms in total. The van der Waals surface area contributed by atoms with Gasteiger partial charge in [-0.25, -0.2) is 0 Å². The van der Waals surface area contributed by atoms with Crippen LogP contribution >= 0.6 is 0 Å². The zero-order valence-corrected chi connectivity index (χ0v) is 44.3. The second-order valence-electron chi connectivity index (χ2n) is 20.4. The van der Waals surface area contributed by atoms with Crippen LogP contribution in [0.25, 0.3) is 0 Å². The van der Waals surface area contributed by atoms with Gasteiger partial charge >= 0.3 is 0 Å². The molecule has 384 valence electrons. The predicted octanol–water partition coefficient (Wildman–Crippen LogP) is 19.6. The van der Waals surface area contributed by atoms with Crippen LogP contribution < -0.4 is 5.32 Å². The molecule has 0 aliphatic carbocycles. The highest BCUT2D eigenvalue weighted by atomic mass is 16.3. The second-order valence-corrected chi connectivity index (χ2v) is 20.4. The molecule has 3 N–H and O–H groups in total. The standard InChI is InChI=1S/C61H117NO3/c1-3-5-7-9-11-13-15-17-19-21-23-24-25-26-27-28-29-30-31-32-33-34-35-36-37-38-39-41-43-45-47-49-51-53-55-57-61(65)62-59(58-63)60(64)56-54-52-50-48-46-44-42-40-22-20-18-16-14-12-10-8-6-4-2/h15,17,21,23,54,56,59-60,63-64H,3-14,16,18-20,22,24-53,55,57-58H2,1-2H3,(H,62,65)/b17-15-,23-21-,56-54+. The first kappa shape index (κ1) is 63.6. The number of hydrogen-bond donors (Lipinski definition) is 3. The average Bonchev–Trinajstić information content (AvgIpc) is 3.31. The molecule has 0 bridgehead atoms. The minimum atomic E-state index is -0.837.